The van der Waals surface area contributed by atoms with Crippen molar-refractivity contribution in [1.29, 1.82) is 0 Å². The molecule has 0 bridgehead atoms. The standard InChI is InChI=1S/C20H17F3N2O2S2/c21-12-1-3-15(4-2-12)28-11-18(26)25-7-5-14(6-8-25)27-20-24-19-16(23)9-13(22)10-17(19)29-20/h1-4,9-10,14H,5-8,11H2. The van der Waals surface area contributed by atoms with Crippen molar-refractivity contribution >= 4 is 39.2 Å². The van der Waals surface area contributed by atoms with E-state index < -0.39 is 11.6 Å². The first kappa shape index (κ1) is 20.0. The molecule has 0 spiro atoms. The molecule has 1 amide bonds. The van der Waals surface area contributed by atoms with Crippen LogP contribution >= 0.6 is 23.1 Å². The predicted molar refractivity (Wildman–Crippen MR) is 107 cm³/mol. The number of thiazole rings is 1. The van der Waals surface area contributed by atoms with Crippen LogP contribution in [0.25, 0.3) is 10.2 Å². The van der Waals surface area contributed by atoms with Gasteiger partial charge in [-0.1, -0.05) is 11.3 Å². The van der Waals surface area contributed by atoms with Crippen LogP contribution in [0.4, 0.5) is 13.2 Å². The van der Waals surface area contributed by atoms with Crippen molar-refractivity contribution < 1.29 is 22.7 Å². The average molecular weight is 438 g/mol. The second-order valence-electron chi connectivity index (χ2n) is 6.65. The first-order valence-corrected chi connectivity index (χ1v) is 10.9. The second kappa shape index (κ2) is 8.62. The van der Waals surface area contributed by atoms with Gasteiger partial charge < -0.3 is 9.64 Å². The second-order valence-corrected chi connectivity index (χ2v) is 8.70. The van der Waals surface area contributed by atoms with Gasteiger partial charge in [-0.3, -0.25) is 4.79 Å². The maximum atomic E-state index is 13.8. The van der Waals surface area contributed by atoms with Crippen LogP contribution in [-0.2, 0) is 4.79 Å². The normalized spacial score (nSPS) is 15.1. The predicted octanol–water partition coefficient (Wildman–Crippen LogP) is 4.88. The molecular formula is C20H17F3N2O2S2. The molecule has 152 valence electrons. The number of hydrogen-bond acceptors (Lipinski definition) is 5. The largest absolute Gasteiger partial charge is 0.467 e. The van der Waals surface area contributed by atoms with Crippen molar-refractivity contribution in [3.8, 4) is 5.19 Å². The van der Waals surface area contributed by atoms with E-state index in [1.807, 2.05) is 0 Å². The van der Waals surface area contributed by atoms with Crippen molar-refractivity contribution in [1.82, 2.24) is 9.88 Å². The van der Waals surface area contributed by atoms with E-state index in [0.717, 1.165) is 22.3 Å². The summed E-state index contributed by atoms with van der Waals surface area (Å²) in [5.41, 5.74) is 0.108. The molecule has 1 aliphatic heterocycles. The molecule has 0 unspecified atom stereocenters. The number of piperidine rings is 1. The lowest BCUT2D eigenvalue weighted by atomic mass is 10.1. The van der Waals surface area contributed by atoms with Gasteiger partial charge in [-0.15, -0.1) is 11.8 Å². The first-order chi connectivity index (χ1) is 14.0. The molecule has 0 aliphatic carbocycles. The van der Waals surface area contributed by atoms with Crippen LogP contribution in [0.5, 0.6) is 5.19 Å². The Hall–Kier alpha value is -2.26. The highest BCUT2D eigenvalue weighted by molar-refractivity contribution is 8.00. The molecule has 1 saturated heterocycles. The Morgan fingerprint density at radius 3 is 2.59 bits per heavy atom. The van der Waals surface area contributed by atoms with Crippen molar-refractivity contribution in [2.45, 2.75) is 23.8 Å². The number of likely N-dealkylation sites (tertiary alicyclic amines) is 1. The van der Waals surface area contributed by atoms with Crippen LogP contribution in [0.1, 0.15) is 12.8 Å². The summed E-state index contributed by atoms with van der Waals surface area (Å²) in [6, 6.07) is 8.10. The number of nitrogens with zero attached hydrogens (tertiary/aromatic N) is 2. The van der Waals surface area contributed by atoms with Gasteiger partial charge in [0.05, 0.1) is 10.5 Å². The lowest BCUT2D eigenvalue weighted by molar-refractivity contribution is -0.130. The van der Waals surface area contributed by atoms with E-state index in [0.29, 0.717) is 41.6 Å². The van der Waals surface area contributed by atoms with Crippen molar-refractivity contribution in [2.75, 3.05) is 18.8 Å². The number of amides is 1. The van der Waals surface area contributed by atoms with E-state index in [9.17, 15) is 18.0 Å². The molecule has 2 heterocycles. The minimum absolute atomic E-state index is 0.0234. The summed E-state index contributed by atoms with van der Waals surface area (Å²) in [7, 11) is 0. The third-order valence-corrected chi connectivity index (χ3v) is 6.52. The quantitative estimate of drug-likeness (QED) is 0.533. The molecule has 9 heteroatoms. The molecule has 0 atom stereocenters. The van der Waals surface area contributed by atoms with E-state index in [-0.39, 0.29) is 23.3 Å². The van der Waals surface area contributed by atoms with E-state index in [1.54, 1.807) is 17.0 Å². The molecule has 4 rings (SSSR count). The third kappa shape index (κ3) is 4.84. The number of aromatic nitrogens is 1. The molecule has 0 saturated carbocycles. The number of benzene rings is 2. The molecule has 29 heavy (non-hydrogen) atoms. The summed E-state index contributed by atoms with van der Waals surface area (Å²) in [6.07, 6.45) is 1.15. The number of halogens is 3. The Labute approximate surface area is 173 Å². The number of ether oxygens (including phenoxy) is 1. The smallest absolute Gasteiger partial charge is 0.274 e. The summed E-state index contributed by atoms with van der Waals surface area (Å²) in [5.74, 6) is -1.33. The molecule has 1 aliphatic rings. The number of rotatable bonds is 5. The van der Waals surface area contributed by atoms with Gasteiger partial charge in [0, 0.05) is 36.9 Å². The Morgan fingerprint density at radius 2 is 1.86 bits per heavy atom. The molecule has 1 fully saturated rings. The van der Waals surface area contributed by atoms with E-state index >= 15 is 0 Å². The molecule has 3 aromatic rings. The van der Waals surface area contributed by atoms with Gasteiger partial charge in [0.1, 0.15) is 23.3 Å². The van der Waals surface area contributed by atoms with Crippen LogP contribution in [0.2, 0.25) is 0 Å². The fraction of sp³-hybridized carbons (Fsp3) is 0.300. The highest BCUT2D eigenvalue weighted by Gasteiger charge is 2.25. The highest BCUT2D eigenvalue weighted by atomic mass is 32.2. The summed E-state index contributed by atoms with van der Waals surface area (Å²) in [6.45, 7) is 1.11. The minimum atomic E-state index is -0.704. The van der Waals surface area contributed by atoms with Crippen LogP contribution in [0.3, 0.4) is 0 Å². The summed E-state index contributed by atoms with van der Waals surface area (Å²) in [4.78, 5) is 19.1. The topological polar surface area (TPSA) is 42.4 Å². The molecule has 4 nitrogen and oxygen atoms in total. The minimum Gasteiger partial charge on any atom is -0.467 e. The summed E-state index contributed by atoms with van der Waals surface area (Å²) >= 11 is 2.48. The highest BCUT2D eigenvalue weighted by Crippen LogP contribution is 2.32. The maximum Gasteiger partial charge on any atom is 0.274 e. The van der Waals surface area contributed by atoms with Crippen molar-refractivity contribution in [3.05, 3.63) is 53.8 Å². The number of hydrogen-bond donors (Lipinski definition) is 0. The zero-order chi connectivity index (χ0) is 20.4. The SMILES string of the molecule is O=C(CSc1ccc(F)cc1)N1CCC(Oc2nc3c(F)cc(F)cc3s2)CC1. The Kier molecular flexibility index (Phi) is 5.96. The summed E-state index contributed by atoms with van der Waals surface area (Å²) in [5, 5.41) is 0.307. The van der Waals surface area contributed by atoms with Gasteiger partial charge in [-0.25, -0.2) is 13.2 Å². The van der Waals surface area contributed by atoms with Crippen molar-refractivity contribution in [3.63, 3.8) is 0 Å². The maximum absolute atomic E-state index is 13.8. The Balaban J connectivity index is 1.28. The van der Waals surface area contributed by atoms with Gasteiger partial charge in [0.2, 0.25) is 5.91 Å². The Morgan fingerprint density at radius 1 is 1.14 bits per heavy atom. The number of fused-ring (bicyclic) bond motifs is 1. The van der Waals surface area contributed by atoms with Gasteiger partial charge in [0.15, 0.2) is 5.82 Å². The fourth-order valence-corrected chi connectivity index (χ4v) is 4.84. The fourth-order valence-electron chi connectivity index (χ4n) is 3.12. The zero-order valence-corrected chi connectivity index (χ0v) is 16.9. The number of thioether (sulfide) groups is 1. The molecule has 1 aromatic heterocycles. The monoisotopic (exact) mass is 438 g/mol. The van der Waals surface area contributed by atoms with Crippen LogP contribution in [0, 0.1) is 17.5 Å². The van der Waals surface area contributed by atoms with Crippen LogP contribution in [-0.4, -0.2) is 40.7 Å². The third-order valence-electron chi connectivity index (χ3n) is 4.63. The van der Waals surface area contributed by atoms with Gasteiger partial charge in [0.25, 0.3) is 5.19 Å². The zero-order valence-electron chi connectivity index (χ0n) is 15.2. The lowest BCUT2D eigenvalue weighted by Gasteiger charge is -2.31. The average Bonchev–Trinajstić information content (AvgIpc) is 3.10. The lowest BCUT2D eigenvalue weighted by Crippen LogP contribution is -2.42. The molecule has 0 N–H and O–H groups in total. The number of carbonyl (C=O) groups excluding carboxylic acids is 1. The van der Waals surface area contributed by atoms with Gasteiger partial charge in [-0.05, 0) is 30.3 Å². The van der Waals surface area contributed by atoms with Gasteiger partial charge in [-0.2, -0.15) is 4.98 Å². The van der Waals surface area contributed by atoms with Crippen LogP contribution in [0.15, 0.2) is 41.3 Å². The number of carbonyl (C=O) groups is 1. The Bertz CT molecular complexity index is 1020. The molecular weight excluding hydrogens is 421 g/mol. The van der Waals surface area contributed by atoms with Crippen LogP contribution < -0.4 is 4.74 Å². The van der Waals surface area contributed by atoms with Gasteiger partial charge >= 0.3 is 0 Å². The van der Waals surface area contributed by atoms with Crippen molar-refractivity contribution in [2.24, 2.45) is 0 Å². The molecule has 2 aromatic carbocycles. The van der Waals surface area contributed by atoms with E-state index in [2.05, 4.69) is 4.98 Å². The van der Waals surface area contributed by atoms with E-state index in [1.165, 1.54) is 30.0 Å². The first-order valence-electron chi connectivity index (χ1n) is 9.06. The summed E-state index contributed by atoms with van der Waals surface area (Å²) < 4.78 is 46.3. The molecule has 0 radical (unpaired) electrons. The van der Waals surface area contributed by atoms with E-state index in [4.69, 9.17) is 4.74 Å².